The van der Waals surface area contributed by atoms with Gasteiger partial charge < -0.3 is 10.4 Å². The maximum absolute atomic E-state index is 9.52. The zero-order valence-corrected chi connectivity index (χ0v) is 9.47. The van der Waals surface area contributed by atoms with Crippen molar-refractivity contribution in [1.82, 2.24) is 5.32 Å². The average Bonchev–Trinajstić information content (AvgIpc) is 2.90. The van der Waals surface area contributed by atoms with E-state index in [-0.39, 0.29) is 5.54 Å². The first-order valence-corrected chi connectivity index (χ1v) is 5.98. The largest absolute Gasteiger partial charge is 0.394 e. The van der Waals surface area contributed by atoms with Gasteiger partial charge in [0.2, 0.25) is 0 Å². The molecule has 2 rings (SSSR count). The van der Waals surface area contributed by atoms with Gasteiger partial charge in [0.1, 0.15) is 0 Å². The molecule has 0 atom stereocenters. The van der Waals surface area contributed by atoms with Gasteiger partial charge in [0.05, 0.1) is 6.61 Å². The van der Waals surface area contributed by atoms with Crippen LogP contribution in [0.2, 0.25) is 0 Å². The van der Waals surface area contributed by atoms with Crippen molar-refractivity contribution in [2.75, 3.05) is 6.61 Å². The van der Waals surface area contributed by atoms with Crippen LogP contribution < -0.4 is 5.32 Å². The summed E-state index contributed by atoms with van der Waals surface area (Å²) in [6.45, 7) is 4.64. The van der Waals surface area contributed by atoms with Crippen molar-refractivity contribution in [3.63, 3.8) is 0 Å². The molecule has 0 aromatic rings. The Bertz CT molecular complexity index is 198. The Morgan fingerprint density at radius 3 is 1.93 bits per heavy atom. The molecule has 82 valence electrons. The second-order valence-electron chi connectivity index (χ2n) is 5.74. The van der Waals surface area contributed by atoms with Crippen molar-refractivity contribution in [3.8, 4) is 0 Å². The number of hydrogen-bond acceptors (Lipinski definition) is 2. The van der Waals surface area contributed by atoms with Crippen molar-refractivity contribution in [1.29, 1.82) is 0 Å². The first-order valence-electron chi connectivity index (χ1n) is 5.98. The summed E-state index contributed by atoms with van der Waals surface area (Å²) in [4.78, 5) is 0. The van der Waals surface area contributed by atoms with Crippen molar-refractivity contribution in [2.45, 2.75) is 64.0 Å². The highest BCUT2D eigenvalue weighted by atomic mass is 16.3. The van der Waals surface area contributed by atoms with Crippen LogP contribution in [-0.4, -0.2) is 23.3 Å². The lowest BCUT2D eigenvalue weighted by Crippen LogP contribution is -2.53. The molecule has 0 heterocycles. The summed E-state index contributed by atoms with van der Waals surface area (Å²) in [6.07, 6.45) is 7.87. The first kappa shape index (κ1) is 10.4. The molecular weight excluding hydrogens is 174 g/mol. The Labute approximate surface area is 87.1 Å². The van der Waals surface area contributed by atoms with Gasteiger partial charge in [-0.15, -0.1) is 0 Å². The minimum absolute atomic E-state index is 0.0437. The summed E-state index contributed by atoms with van der Waals surface area (Å²) >= 11 is 0. The van der Waals surface area contributed by atoms with Crippen LogP contribution in [0.25, 0.3) is 0 Å². The lowest BCUT2D eigenvalue weighted by molar-refractivity contribution is 0.0892. The maximum Gasteiger partial charge on any atom is 0.0613 e. The molecule has 2 saturated carbocycles. The summed E-state index contributed by atoms with van der Waals surface area (Å²) in [5.41, 5.74) is 0.763. The van der Waals surface area contributed by atoms with Crippen LogP contribution >= 0.6 is 0 Å². The lowest BCUT2D eigenvalue weighted by Gasteiger charge is -2.41. The third-order valence-corrected chi connectivity index (χ3v) is 4.12. The normalized spacial score (nSPS) is 28.3. The zero-order chi connectivity index (χ0) is 10.2. The second kappa shape index (κ2) is 3.49. The van der Waals surface area contributed by atoms with E-state index in [4.69, 9.17) is 0 Å². The number of rotatable bonds is 3. The van der Waals surface area contributed by atoms with Crippen LogP contribution in [0.15, 0.2) is 0 Å². The molecule has 2 N–H and O–H groups in total. The van der Waals surface area contributed by atoms with Gasteiger partial charge >= 0.3 is 0 Å². The fourth-order valence-electron chi connectivity index (χ4n) is 2.90. The van der Waals surface area contributed by atoms with Gasteiger partial charge in [-0.2, -0.15) is 0 Å². The highest BCUT2D eigenvalue weighted by Crippen LogP contribution is 2.57. The van der Waals surface area contributed by atoms with E-state index in [1.807, 2.05) is 0 Å². The van der Waals surface area contributed by atoms with Gasteiger partial charge in [0.15, 0.2) is 0 Å². The van der Waals surface area contributed by atoms with E-state index in [1.54, 1.807) is 0 Å². The van der Waals surface area contributed by atoms with Crippen LogP contribution in [0.1, 0.15) is 52.4 Å². The Morgan fingerprint density at radius 1 is 1.07 bits per heavy atom. The molecule has 0 aromatic heterocycles. The third-order valence-electron chi connectivity index (χ3n) is 4.12. The van der Waals surface area contributed by atoms with E-state index in [9.17, 15) is 5.11 Å². The molecule has 1 spiro atoms. The standard InChI is InChI=1S/C12H23NO/c1-10(2)13-12(9-14)7-5-11(3-4-11)6-8-12/h10,13-14H,3-9H2,1-2H3. The van der Waals surface area contributed by atoms with Crippen molar-refractivity contribution < 1.29 is 5.11 Å². The van der Waals surface area contributed by atoms with Crippen molar-refractivity contribution in [2.24, 2.45) is 5.41 Å². The number of aliphatic hydroxyl groups excluding tert-OH is 1. The molecule has 0 unspecified atom stereocenters. The van der Waals surface area contributed by atoms with Crippen LogP contribution in [-0.2, 0) is 0 Å². The van der Waals surface area contributed by atoms with Gasteiger partial charge in [-0.25, -0.2) is 0 Å². The quantitative estimate of drug-likeness (QED) is 0.726. The fourth-order valence-corrected chi connectivity index (χ4v) is 2.90. The van der Waals surface area contributed by atoms with Gasteiger partial charge in [-0.1, -0.05) is 13.8 Å². The molecule has 2 aliphatic rings. The number of nitrogens with one attached hydrogen (secondary N) is 1. The number of hydrogen-bond donors (Lipinski definition) is 2. The number of aliphatic hydroxyl groups is 1. The van der Waals surface area contributed by atoms with E-state index in [2.05, 4.69) is 19.2 Å². The molecule has 14 heavy (non-hydrogen) atoms. The molecule has 0 bridgehead atoms. The molecule has 0 radical (unpaired) electrons. The Kier molecular flexibility index (Phi) is 2.61. The molecule has 0 amide bonds. The van der Waals surface area contributed by atoms with Gasteiger partial charge in [-0.05, 0) is 43.9 Å². The molecular formula is C12H23NO. The topological polar surface area (TPSA) is 32.3 Å². The SMILES string of the molecule is CC(C)NC1(CO)CCC2(CC2)CC1. The minimum Gasteiger partial charge on any atom is -0.394 e. The monoisotopic (exact) mass is 197 g/mol. The maximum atomic E-state index is 9.52. The smallest absolute Gasteiger partial charge is 0.0613 e. The summed E-state index contributed by atoms with van der Waals surface area (Å²) in [5.74, 6) is 0. The predicted octanol–water partition coefficient (Wildman–Crippen LogP) is 2.07. The molecule has 2 nitrogen and oxygen atoms in total. The summed E-state index contributed by atoms with van der Waals surface area (Å²) in [5, 5.41) is 13.1. The van der Waals surface area contributed by atoms with E-state index >= 15 is 0 Å². The lowest BCUT2D eigenvalue weighted by atomic mass is 9.74. The highest BCUT2D eigenvalue weighted by Gasteiger charge is 2.48. The molecule has 2 heteroatoms. The molecule has 2 aliphatic carbocycles. The van der Waals surface area contributed by atoms with E-state index in [1.165, 1.54) is 38.5 Å². The minimum atomic E-state index is 0.0437. The van der Waals surface area contributed by atoms with Crippen molar-refractivity contribution >= 4 is 0 Å². The molecule has 0 aromatic carbocycles. The Morgan fingerprint density at radius 2 is 1.57 bits per heavy atom. The van der Waals surface area contributed by atoms with Crippen LogP contribution in [0.3, 0.4) is 0 Å². The summed E-state index contributed by atoms with van der Waals surface area (Å²) in [7, 11) is 0. The van der Waals surface area contributed by atoms with Gasteiger partial charge in [0.25, 0.3) is 0 Å². The van der Waals surface area contributed by atoms with Gasteiger partial charge in [-0.3, -0.25) is 0 Å². The fraction of sp³-hybridized carbons (Fsp3) is 1.00. The summed E-state index contributed by atoms with van der Waals surface area (Å²) < 4.78 is 0. The van der Waals surface area contributed by atoms with E-state index in [0.29, 0.717) is 12.6 Å². The van der Waals surface area contributed by atoms with Crippen molar-refractivity contribution in [3.05, 3.63) is 0 Å². The molecule has 2 fully saturated rings. The molecule has 0 aliphatic heterocycles. The van der Waals surface area contributed by atoms with E-state index < -0.39 is 0 Å². The second-order valence-corrected chi connectivity index (χ2v) is 5.74. The van der Waals surface area contributed by atoms with Crippen LogP contribution in [0, 0.1) is 5.41 Å². The van der Waals surface area contributed by atoms with Crippen LogP contribution in [0.5, 0.6) is 0 Å². The Balaban J connectivity index is 1.93. The van der Waals surface area contributed by atoms with E-state index in [0.717, 1.165) is 5.41 Å². The molecule has 0 saturated heterocycles. The predicted molar refractivity (Wildman–Crippen MR) is 58.2 cm³/mol. The zero-order valence-electron chi connectivity index (χ0n) is 9.47. The first-order chi connectivity index (χ1) is 6.60. The van der Waals surface area contributed by atoms with Crippen LogP contribution in [0.4, 0.5) is 0 Å². The average molecular weight is 197 g/mol. The highest BCUT2D eigenvalue weighted by molar-refractivity contribution is 5.03. The Hall–Kier alpha value is -0.0800. The third kappa shape index (κ3) is 1.96. The summed E-state index contributed by atoms with van der Waals surface area (Å²) in [6, 6.07) is 0.482. The van der Waals surface area contributed by atoms with Gasteiger partial charge in [0, 0.05) is 11.6 Å².